The number of ether oxygens (including phenoxy) is 1. The number of aromatic nitrogens is 3. The van der Waals surface area contributed by atoms with Gasteiger partial charge in [-0.15, -0.1) is 0 Å². The quantitative estimate of drug-likeness (QED) is 0.747. The molecule has 7 heteroatoms. The summed E-state index contributed by atoms with van der Waals surface area (Å²) in [4.78, 5) is 25.7. The Balaban J connectivity index is 1.67. The zero-order valence-corrected chi connectivity index (χ0v) is 16.5. The molecule has 1 fully saturated rings. The van der Waals surface area contributed by atoms with Crippen LogP contribution in [0.2, 0.25) is 0 Å². The highest BCUT2D eigenvalue weighted by molar-refractivity contribution is 5.94. The first-order valence-corrected chi connectivity index (χ1v) is 9.53. The molecule has 1 atom stereocenters. The SMILES string of the molecule is COc1cc(C(=O)N2CCCC(c3nccn3CCCN(C)C)C2)ccn1. The van der Waals surface area contributed by atoms with Gasteiger partial charge in [-0.2, -0.15) is 0 Å². The summed E-state index contributed by atoms with van der Waals surface area (Å²) in [7, 11) is 5.74. The number of rotatable bonds is 7. The Labute approximate surface area is 161 Å². The molecule has 2 aromatic heterocycles. The Hall–Kier alpha value is -2.41. The minimum absolute atomic E-state index is 0.0334. The van der Waals surface area contributed by atoms with Gasteiger partial charge in [0.2, 0.25) is 5.88 Å². The summed E-state index contributed by atoms with van der Waals surface area (Å²) >= 11 is 0. The van der Waals surface area contributed by atoms with Gasteiger partial charge < -0.3 is 19.1 Å². The predicted octanol–water partition coefficient (Wildman–Crippen LogP) is 2.26. The summed E-state index contributed by atoms with van der Waals surface area (Å²) in [6, 6.07) is 3.45. The molecule has 0 aromatic carbocycles. The number of carbonyl (C=O) groups is 1. The number of nitrogens with zero attached hydrogens (tertiary/aromatic N) is 5. The standard InChI is InChI=1S/C20H29N5O2/c1-23(2)10-5-12-24-13-9-22-19(24)17-6-4-11-25(15-17)20(26)16-7-8-21-18(14-16)27-3/h7-9,13-14,17H,4-6,10-12,15H2,1-3H3. The Bertz CT molecular complexity index is 758. The number of carbonyl (C=O) groups excluding carboxylic acids is 1. The van der Waals surface area contributed by atoms with E-state index >= 15 is 0 Å². The minimum Gasteiger partial charge on any atom is -0.481 e. The van der Waals surface area contributed by atoms with Crippen LogP contribution in [-0.4, -0.2) is 71.1 Å². The van der Waals surface area contributed by atoms with Crippen molar-refractivity contribution in [2.24, 2.45) is 0 Å². The molecule has 0 radical (unpaired) electrons. The van der Waals surface area contributed by atoms with Crippen LogP contribution in [-0.2, 0) is 6.54 Å². The molecule has 1 saturated heterocycles. The van der Waals surface area contributed by atoms with E-state index in [1.165, 1.54) is 0 Å². The number of hydrogen-bond donors (Lipinski definition) is 0. The largest absolute Gasteiger partial charge is 0.481 e. The van der Waals surface area contributed by atoms with Crippen LogP contribution in [0.3, 0.4) is 0 Å². The van der Waals surface area contributed by atoms with Crippen molar-refractivity contribution in [3.63, 3.8) is 0 Å². The van der Waals surface area contributed by atoms with Crippen molar-refractivity contribution >= 4 is 5.91 Å². The summed E-state index contributed by atoms with van der Waals surface area (Å²) in [6.45, 7) is 3.49. The van der Waals surface area contributed by atoms with Gasteiger partial charge in [0.15, 0.2) is 0 Å². The lowest BCUT2D eigenvalue weighted by Gasteiger charge is -2.33. The molecule has 7 nitrogen and oxygen atoms in total. The normalized spacial score (nSPS) is 17.3. The Morgan fingerprint density at radius 2 is 2.19 bits per heavy atom. The highest BCUT2D eigenvalue weighted by atomic mass is 16.5. The van der Waals surface area contributed by atoms with E-state index in [1.54, 1.807) is 25.4 Å². The molecule has 146 valence electrons. The molecule has 2 aromatic rings. The van der Waals surface area contributed by atoms with Crippen molar-refractivity contribution in [1.29, 1.82) is 0 Å². The maximum Gasteiger partial charge on any atom is 0.254 e. The van der Waals surface area contributed by atoms with E-state index in [9.17, 15) is 4.79 Å². The monoisotopic (exact) mass is 371 g/mol. The highest BCUT2D eigenvalue weighted by Crippen LogP contribution is 2.27. The number of likely N-dealkylation sites (tertiary alicyclic amines) is 1. The van der Waals surface area contributed by atoms with Crippen LogP contribution >= 0.6 is 0 Å². The van der Waals surface area contributed by atoms with E-state index in [0.717, 1.165) is 44.7 Å². The Morgan fingerprint density at radius 3 is 2.96 bits per heavy atom. The van der Waals surface area contributed by atoms with Gasteiger partial charge in [-0.05, 0) is 46.0 Å². The molecule has 0 N–H and O–H groups in total. The van der Waals surface area contributed by atoms with E-state index in [1.807, 2.05) is 11.1 Å². The van der Waals surface area contributed by atoms with Crippen molar-refractivity contribution in [3.05, 3.63) is 42.1 Å². The third-order valence-corrected chi connectivity index (χ3v) is 5.02. The fourth-order valence-corrected chi connectivity index (χ4v) is 3.64. The topological polar surface area (TPSA) is 63.5 Å². The van der Waals surface area contributed by atoms with Crippen molar-refractivity contribution in [3.8, 4) is 5.88 Å². The summed E-state index contributed by atoms with van der Waals surface area (Å²) in [6.07, 6.45) is 8.68. The molecule has 0 spiro atoms. The van der Waals surface area contributed by atoms with E-state index in [-0.39, 0.29) is 11.8 Å². The van der Waals surface area contributed by atoms with Gasteiger partial charge in [0, 0.05) is 55.8 Å². The zero-order valence-electron chi connectivity index (χ0n) is 16.5. The van der Waals surface area contributed by atoms with Gasteiger partial charge in [-0.1, -0.05) is 0 Å². The second kappa shape index (κ2) is 8.99. The van der Waals surface area contributed by atoms with Crippen LogP contribution in [0.1, 0.15) is 41.4 Å². The molecular formula is C20H29N5O2. The van der Waals surface area contributed by atoms with E-state index < -0.39 is 0 Å². The molecule has 1 aliphatic heterocycles. The lowest BCUT2D eigenvalue weighted by atomic mass is 9.96. The van der Waals surface area contributed by atoms with Gasteiger partial charge in [0.05, 0.1) is 7.11 Å². The number of imidazole rings is 1. The summed E-state index contributed by atoms with van der Waals surface area (Å²) < 4.78 is 7.39. The van der Waals surface area contributed by atoms with Crippen molar-refractivity contribution < 1.29 is 9.53 Å². The van der Waals surface area contributed by atoms with Crippen molar-refractivity contribution in [1.82, 2.24) is 24.3 Å². The third-order valence-electron chi connectivity index (χ3n) is 5.02. The van der Waals surface area contributed by atoms with Gasteiger partial charge >= 0.3 is 0 Å². The Kier molecular flexibility index (Phi) is 6.45. The average molecular weight is 371 g/mol. The van der Waals surface area contributed by atoms with E-state index in [4.69, 9.17) is 4.74 Å². The second-order valence-corrected chi connectivity index (χ2v) is 7.31. The number of aryl methyl sites for hydroxylation is 1. The number of pyridine rings is 1. The van der Waals surface area contributed by atoms with Crippen LogP contribution in [0, 0.1) is 0 Å². The summed E-state index contributed by atoms with van der Waals surface area (Å²) in [5.41, 5.74) is 0.622. The van der Waals surface area contributed by atoms with Gasteiger partial charge in [-0.25, -0.2) is 9.97 Å². The maximum atomic E-state index is 12.9. The molecule has 3 heterocycles. The first-order chi connectivity index (χ1) is 13.1. The molecule has 0 aliphatic carbocycles. The summed E-state index contributed by atoms with van der Waals surface area (Å²) in [5.74, 6) is 1.87. The van der Waals surface area contributed by atoms with E-state index in [0.29, 0.717) is 18.0 Å². The van der Waals surface area contributed by atoms with Crippen LogP contribution in [0.25, 0.3) is 0 Å². The molecule has 3 rings (SSSR count). The van der Waals surface area contributed by atoms with Crippen LogP contribution in [0.4, 0.5) is 0 Å². The first kappa shape index (κ1) is 19.4. The fraction of sp³-hybridized carbons (Fsp3) is 0.550. The van der Waals surface area contributed by atoms with Gasteiger partial charge in [0.1, 0.15) is 5.82 Å². The molecule has 1 unspecified atom stereocenters. The highest BCUT2D eigenvalue weighted by Gasteiger charge is 2.28. The molecule has 1 amide bonds. The van der Waals surface area contributed by atoms with E-state index in [2.05, 4.69) is 39.7 Å². The third kappa shape index (κ3) is 4.86. The molecule has 0 saturated carbocycles. The molecule has 27 heavy (non-hydrogen) atoms. The van der Waals surface area contributed by atoms with Gasteiger partial charge in [0.25, 0.3) is 5.91 Å². The van der Waals surface area contributed by atoms with Crippen LogP contribution in [0.5, 0.6) is 5.88 Å². The van der Waals surface area contributed by atoms with Crippen LogP contribution in [0.15, 0.2) is 30.7 Å². The van der Waals surface area contributed by atoms with Crippen molar-refractivity contribution in [2.75, 3.05) is 40.8 Å². The maximum absolute atomic E-state index is 12.9. The second-order valence-electron chi connectivity index (χ2n) is 7.31. The zero-order chi connectivity index (χ0) is 19.2. The van der Waals surface area contributed by atoms with Crippen LogP contribution < -0.4 is 4.74 Å². The number of piperidine rings is 1. The van der Waals surface area contributed by atoms with Gasteiger partial charge in [-0.3, -0.25) is 4.79 Å². The Morgan fingerprint density at radius 1 is 1.33 bits per heavy atom. The number of hydrogen-bond acceptors (Lipinski definition) is 5. The lowest BCUT2D eigenvalue weighted by molar-refractivity contribution is 0.0702. The molecule has 0 bridgehead atoms. The average Bonchev–Trinajstić information content (AvgIpc) is 3.16. The van der Waals surface area contributed by atoms with Crippen molar-refractivity contribution in [2.45, 2.75) is 31.7 Å². The summed E-state index contributed by atoms with van der Waals surface area (Å²) in [5, 5.41) is 0. The fourth-order valence-electron chi connectivity index (χ4n) is 3.64. The number of methoxy groups -OCH3 is 1. The predicted molar refractivity (Wildman–Crippen MR) is 104 cm³/mol. The number of amides is 1. The minimum atomic E-state index is 0.0334. The molecule has 1 aliphatic rings. The lowest BCUT2D eigenvalue weighted by Crippen LogP contribution is -2.39. The smallest absolute Gasteiger partial charge is 0.254 e. The molecular weight excluding hydrogens is 342 g/mol. The first-order valence-electron chi connectivity index (χ1n) is 9.53.